The molecule has 0 unspecified atom stereocenters. The average Bonchev–Trinajstić information content (AvgIpc) is 2.58. The van der Waals surface area contributed by atoms with Gasteiger partial charge in [-0.2, -0.15) is 0 Å². The Balaban J connectivity index is 2.07. The van der Waals surface area contributed by atoms with Crippen molar-refractivity contribution in [2.75, 3.05) is 10.6 Å². The van der Waals surface area contributed by atoms with Crippen molar-refractivity contribution < 1.29 is 9.59 Å². The lowest BCUT2D eigenvalue weighted by Gasteiger charge is -2.12. The van der Waals surface area contributed by atoms with E-state index >= 15 is 0 Å². The fraction of sp³-hybridized carbons (Fsp3) is 0.158. The van der Waals surface area contributed by atoms with Gasteiger partial charge in [-0.05, 0) is 48.4 Å². The van der Waals surface area contributed by atoms with Gasteiger partial charge in [0.1, 0.15) is 0 Å². The fourth-order valence-electron chi connectivity index (χ4n) is 2.07. The molecule has 5 heteroatoms. The summed E-state index contributed by atoms with van der Waals surface area (Å²) in [5.74, 6) is -0.309. The number of rotatable bonds is 5. The van der Waals surface area contributed by atoms with Gasteiger partial charge in [-0.1, -0.05) is 36.7 Å². The van der Waals surface area contributed by atoms with Crippen LogP contribution < -0.4 is 10.6 Å². The van der Waals surface area contributed by atoms with Crippen LogP contribution in [0.15, 0.2) is 48.5 Å². The molecule has 0 spiro atoms. The summed E-state index contributed by atoms with van der Waals surface area (Å²) in [6.07, 6.45) is 3.57. The van der Waals surface area contributed by atoms with Gasteiger partial charge in [-0.25, -0.2) is 0 Å². The number of hydrogen-bond donors (Lipinski definition) is 2. The predicted octanol–water partition coefficient (Wildman–Crippen LogP) is 4.65. The van der Waals surface area contributed by atoms with E-state index in [0.29, 0.717) is 22.8 Å². The molecule has 0 aliphatic heterocycles. The van der Waals surface area contributed by atoms with Crippen molar-refractivity contribution in [2.24, 2.45) is 0 Å². The van der Waals surface area contributed by atoms with Crippen LogP contribution in [0.1, 0.15) is 24.5 Å². The topological polar surface area (TPSA) is 58.2 Å². The zero-order chi connectivity index (χ0) is 17.5. The highest BCUT2D eigenvalue weighted by atomic mass is 35.5. The molecule has 4 nitrogen and oxygen atoms in total. The summed E-state index contributed by atoms with van der Waals surface area (Å²) in [5.41, 5.74) is 3.05. The van der Waals surface area contributed by atoms with Gasteiger partial charge in [0.2, 0.25) is 11.8 Å². The molecule has 124 valence electrons. The maximum Gasteiger partial charge on any atom is 0.248 e. The van der Waals surface area contributed by atoms with Gasteiger partial charge in [-0.3, -0.25) is 9.59 Å². The third-order valence-corrected chi connectivity index (χ3v) is 3.74. The summed E-state index contributed by atoms with van der Waals surface area (Å²) in [4.78, 5) is 23.6. The molecule has 0 aliphatic carbocycles. The Kier molecular flexibility index (Phi) is 6.15. The summed E-state index contributed by atoms with van der Waals surface area (Å²) >= 11 is 5.83. The van der Waals surface area contributed by atoms with Crippen molar-refractivity contribution in [2.45, 2.75) is 20.3 Å². The van der Waals surface area contributed by atoms with E-state index < -0.39 is 0 Å². The number of amides is 2. The minimum absolute atomic E-state index is 0.0655. The van der Waals surface area contributed by atoms with Crippen molar-refractivity contribution in [3.63, 3.8) is 0 Å². The number of nitrogens with one attached hydrogen (secondary N) is 2. The number of benzene rings is 2. The van der Waals surface area contributed by atoms with E-state index in [4.69, 9.17) is 11.6 Å². The molecule has 2 amide bonds. The number of hydrogen-bond acceptors (Lipinski definition) is 2. The quantitative estimate of drug-likeness (QED) is 0.777. The van der Waals surface area contributed by atoms with Crippen LogP contribution in [-0.4, -0.2) is 11.8 Å². The largest absolute Gasteiger partial charge is 0.326 e. The normalized spacial score (nSPS) is 10.6. The lowest BCUT2D eigenvalue weighted by atomic mass is 10.1. The van der Waals surface area contributed by atoms with E-state index in [1.54, 1.807) is 37.3 Å². The SMILES string of the molecule is CCC(=O)Nc1cccc(NC(=O)/C=C/c2ccc(Cl)cc2)c1C. The van der Waals surface area contributed by atoms with Gasteiger partial charge in [-0.15, -0.1) is 0 Å². The zero-order valence-electron chi connectivity index (χ0n) is 13.6. The highest BCUT2D eigenvalue weighted by Crippen LogP contribution is 2.23. The Bertz CT molecular complexity index is 767. The second-order valence-electron chi connectivity index (χ2n) is 5.25. The summed E-state index contributed by atoms with van der Waals surface area (Å²) < 4.78 is 0. The lowest BCUT2D eigenvalue weighted by Crippen LogP contribution is -2.13. The standard InChI is InChI=1S/C19H19ClN2O2/c1-3-18(23)21-16-5-4-6-17(13(16)2)22-19(24)12-9-14-7-10-15(20)11-8-14/h4-12H,3H2,1-2H3,(H,21,23)(H,22,24)/b12-9+. The van der Waals surface area contributed by atoms with Gasteiger partial charge in [0.25, 0.3) is 0 Å². The van der Waals surface area contributed by atoms with Crippen molar-refractivity contribution in [1.29, 1.82) is 0 Å². The zero-order valence-corrected chi connectivity index (χ0v) is 14.4. The lowest BCUT2D eigenvalue weighted by molar-refractivity contribution is -0.116. The van der Waals surface area contributed by atoms with E-state index in [1.165, 1.54) is 6.08 Å². The molecule has 0 radical (unpaired) electrons. The molecular formula is C19H19ClN2O2. The van der Waals surface area contributed by atoms with Gasteiger partial charge in [0, 0.05) is 28.9 Å². The van der Waals surface area contributed by atoms with Crippen LogP contribution >= 0.6 is 11.6 Å². The average molecular weight is 343 g/mol. The molecule has 0 aliphatic rings. The first-order valence-corrected chi connectivity index (χ1v) is 8.01. The van der Waals surface area contributed by atoms with Gasteiger partial charge in [0.05, 0.1) is 0 Å². The Morgan fingerprint density at radius 1 is 1.04 bits per heavy atom. The van der Waals surface area contributed by atoms with Crippen LogP contribution in [0.3, 0.4) is 0 Å². The van der Waals surface area contributed by atoms with Crippen LogP contribution in [0.5, 0.6) is 0 Å². The maximum atomic E-state index is 12.1. The summed E-state index contributed by atoms with van der Waals surface area (Å²) in [6.45, 7) is 3.64. The summed E-state index contributed by atoms with van der Waals surface area (Å²) in [6, 6.07) is 12.6. The number of halogens is 1. The number of carbonyl (C=O) groups excluding carboxylic acids is 2. The molecule has 2 rings (SSSR count). The van der Waals surface area contributed by atoms with Crippen molar-refractivity contribution in [3.05, 3.63) is 64.7 Å². The van der Waals surface area contributed by atoms with Crippen molar-refractivity contribution >= 4 is 40.9 Å². The molecule has 0 fully saturated rings. The first kappa shape index (κ1) is 17.8. The van der Waals surface area contributed by atoms with Crippen LogP contribution in [0.25, 0.3) is 6.08 Å². The van der Waals surface area contributed by atoms with E-state index in [0.717, 1.165) is 11.1 Å². The molecule has 2 aromatic rings. The third-order valence-electron chi connectivity index (χ3n) is 3.48. The van der Waals surface area contributed by atoms with Crippen LogP contribution in [0.2, 0.25) is 5.02 Å². The number of anilines is 2. The molecule has 24 heavy (non-hydrogen) atoms. The minimum atomic E-state index is -0.244. The molecule has 2 N–H and O–H groups in total. The predicted molar refractivity (Wildman–Crippen MR) is 99.2 cm³/mol. The Labute approximate surface area is 146 Å². The fourth-order valence-corrected chi connectivity index (χ4v) is 2.19. The number of carbonyl (C=O) groups is 2. The molecule has 0 heterocycles. The Hall–Kier alpha value is -2.59. The molecule has 0 saturated heterocycles. The van der Waals surface area contributed by atoms with Gasteiger partial charge >= 0.3 is 0 Å². The van der Waals surface area contributed by atoms with Crippen LogP contribution in [0.4, 0.5) is 11.4 Å². The molecule has 2 aromatic carbocycles. The molecular weight excluding hydrogens is 324 g/mol. The summed E-state index contributed by atoms with van der Waals surface area (Å²) in [5, 5.41) is 6.29. The molecule has 0 aromatic heterocycles. The highest BCUT2D eigenvalue weighted by molar-refractivity contribution is 6.30. The first-order chi connectivity index (χ1) is 11.5. The minimum Gasteiger partial charge on any atom is -0.326 e. The third kappa shape index (κ3) is 4.96. The van der Waals surface area contributed by atoms with Crippen LogP contribution in [-0.2, 0) is 9.59 Å². The van der Waals surface area contributed by atoms with E-state index in [1.807, 2.05) is 25.1 Å². The van der Waals surface area contributed by atoms with E-state index in [-0.39, 0.29) is 11.8 Å². The Morgan fingerprint density at radius 3 is 2.29 bits per heavy atom. The summed E-state index contributed by atoms with van der Waals surface area (Å²) in [7, 11) is 0. The smallest absolute Gasteiger partial charge is 0.248 e. The van der Waals surface area contributed by atoms with Crippen molar-refractivity contribution in [1.82, 2.24) is 0 Å². The van der Waals surface area contributed by atoms with Crippen molar-refractivity contribution in [3.8, 4) is 0 Å². The highest BCUT2D eigenvalue weighted by Gasteiger charge is 2.07. The van der Waals surface area contributed by atoms with Gasteiger partial charge in [0.15, 0.2) is 0 Å². The molecule has 0 atom stereocenters. The molecule has 0 bridgehead atoms. The molecule has 0 saturated carbocycles. The van der Waals surface area contributed by atoms with E-state index in [2.05, 4.69) is 10.6 Å². The second-order valence-corrected chi connectivity index (χ2v) is 5.69. The van der Waals surface area contributed by atoms with Crippen LogP contribution in [0, 0.1) is 6.92 Å². The van der Waals surface area contributed by atoms with Gasteiger partial charge < -0.3 is 10.6 Å². The Morgan fingerprint density at radius 2 is 1.67 bits per heavy atom. The van der Waals surface area contributed by atoms with E-state index in [9.17, 15) is 9.59 Å². The second kappa shape index (κ2) is 8.31. The maximum absolute atomic E-state index is 12.1. The first-order valence-electron chi connectivity index (χ1n) is 7.63. The monoisotopic (exact) mass is 342 g/mol.